The van der Waals surface area contributed by atoms with Gasteiger partial charge in [0.1, 0.15) is 11.4 Å². The highest BCUT2D eigenvalue weighted by Gasteiger charge is 2.23. The zero-order valence-corrected chi connectivity index (χ0v) is 32.1. The van der Waals surface area contributed by atoms with Crippen molar-refractivity contribution in [2.45, 2.75) is 53.4 Å². The van der Waals surface area contributed by atoms with Gasteiger partial charge in [-0.2, -0.15) is 0 Å². The lowest BCUT2D eigenvalue weighted by Crippen LogP contribution is -2.10. The molecule has 0 atom stereocenters. The molecule has 0 saturated heterocycles. The number of benzene rings is 2. The molecule has 0 aliphatic rings. The molecule has 0 aliphatic heterocycles. The Morgan fingerprint density at radius 3 is 1.24 bits per heavy atom. The number of carbonyl (C=O) groups is 4. The largest absolute Gasteiger partial charge is 0.466 e. The molecular weight excluding hydrogens is 860 g/mol. The molecule has 0 fully saturated rings. The van der Waals surface area contributed by atoms with Crippen LogP contribution in [0.3, 0.4) is 0 Å². The molecule has 46 heavy (non-hydrogen) atoms. The van der Waals surface area contributed by atoms with Crippen molar-refractivity contribution in [2.75, 3.05) is 26.4 Å². The lowest BCUT2D eigenvalue weighted by Gasteiger charge is -2.06. The van der Waals surface area contributed by atoms with Gasteiger partial charge < -0.3 is 28.9 Å². The van der Waals surface area contributed by atoms with Crippen molar-refractivity contribution in [3.8, 4) is 0 Å². The van der Waals surface area contributed by atoms with Gasteiger partial charge in [0.15, 0.2) is 0 Å². The van der Waals surface area contributed by atoms with Crippen molar-refractivity contribution in [2.24, 2.45) is 0 Å². The van der Waals surface area contributed by atoms with Gasteiger partial charge in [0.2, 0.25) is 0 Å². The smallest absolute Gasteiger partial charge is 0.355 e. The predicted molar refractivity (Wildman–Crippen MR) is 189 cm³/mol. The molecule has 0 unspecified atom stereocenters. The van der Waals surface area contributed by atoms with E-state index in [9.17, 15) is 19.2 Å². The molecule has 2 heterocycles. The molecule has 0 aliphatic carbocycles. The summed E-state index contributed by atoms with van der Waals surface area (Å²) in [4.78, 5) is 53.9. The number of halogens is 4. The van der Waals surface area contributed by atoms with Gasteiger partial charge in [0.25, 0.3) is 0 Å². The van der Waals surface area contributed by atoms with Gasteiger partial charge in [-0.1, -0.05) is 63.7 Å². The molecule has 248 valence electrons. The van der Waals surface area contributed by atoms with E-state index in [1.54, 1.807) is 27.7 Å². The first-order valence-corrected chi connectivity index (χ1v) is 17.8. The van der Waals surface area contributed by atoms with E-state index in [2.05, 4.69) is 73.7 Å². The fourth-order valence-electron chi connectivity index (χ4n) is 4.80. The van der Waals surface area contributed by atoms with Crippen LogP contribution in [-0.4, -0.2) is 60.3 Å². The van der Waals surface area contributed by atoms with Crippen LogP contribution >= 0.6 is 63.7 Å². The number of aromatic amines is 2. The Balaban J connectivity index is 0.000000250. The summed E-state index contributed by atoms with van der Waals surface area (Å²) in [6.45, 7) is 8.30. The fraction of sp³-hybridized carbons (Fsp3) is 0.375. The summed E-state index contributed by atoms with van der Waals surface area (Å²) >= 11 is 13.9. The van der Waals surface area contributed by atoms with Crippen LogP contribution in [0.2, 0.25) is 0 Å². The third kappa shape index (κ3) is 9.68. The van der Waals surface area contributed by atoms with Gasteiger partial charge >= 0.3 is 23.9 Å². The number of carbonyl (C=O) groups excluding carboxylic acids is 4. The number of H-pyrrole nitrogens is 2. The van der Waals surface area contributed by atoms with Gasteiger partial charge in [-0.25, -0.2) is 9.59 Å². The van der Waals surface area contributed by atoms with Gasteiger partial charge in [-0.15, -0.1) is 0 Å². The number of hydrogen-bond donors (Lipinski definition) is 2. The minimum Gasteiger partial charge on any atom is -0.466 e. The Morgan fingerprint density at radius 2 is 0.913 bits per heavy atom. The average molecular weight is 894 g/mol. The van der Waals surface area contributed by atoms with E-state index in [4.69, 9.17) is 18.9 Å². The summed E-state index contributed by atoms with van der Waals surface area (Å²) in [5.41, 5.74) is 3.87. The molecule has 0 saturated carbocycles. The van der Waals surface area contributed by atoms with Crippen molar-refractivity contribution < 1.29 is 38.1 Å². The van der Waals surface area contributed by atoms with Gasteiger partial charge in [0.05, 0.1) is 26.4 Å². The molecule has 14 heteroatoms. The predicted octanol–water partition coefficient (Wildman–Crippen LogP) is 8.73. The molecule has 10 nitrogen and oxygen atoms in total. The first-order valence-electron chi connectivity index (χ1n) is 14.6. The number of aromatic nitrogens is 2. The molecule has 0 bridgehead atoms. The molecule has 0 radical (unpaired) electrons. The zero-order valence-electron chi connectivity index (χ0n) is 25.7. The number of ether oxygens (including phenoxy) is 4. The molecule has 2 aromatic heterocycles. The van der Waals surface area contributed by atoms with E-state index in [0.29, 0.717) is 37.4 Å². The number of esters is 4. The van der Waals surface area contributed by atoms with Crippen molar-refractivity contribution in [1.29, 1.82) is 0 Å². The lowest BCUT2D eigenvalue weighted by atomic mass is 10.1. The van der Waals surface area contributed by atoms with Gasteiger partial charge in [-0.3, -0.25) is 9.59 Å². The molecule has 4 rings (SSSR count). The number of fused-ring (bicyclic) bond motifs is 2. The van der Waals surface area contributed by atoms with Gasteiger partial charge in [-0.05, 0) is 75.9 Å². The second kappa shape index (κ2) is 18.0. The highest BCUT2D eigenvalue weighted by atomic mass is 79.9. The van der Waals surface area contributed by atoms with E-state index >= 15 is 0 Å². The van der Waals surface area contributed by atoms with E-state index in [0.717, 1.165) is 50.8 Å². The molecule has 2 aromatic carbocycles. The van der Waals surface area contributed by atoms with E-state index in [-0.39, 0.29) is 38.0 Å². The van der Waals surface area contributed by atoms with Crippen molar-refractivity contribution in [1.82, 2.24) is 9.97 Å². The standard InChI is InChI=1S/2C16H17Br2NO4/c2*1-3-22-13(20)6-5-10-14-11(18)7-9(17)8-12(14)19-15(10)16(21)23-4-2/h2*7-8,19H,3-6H2,1-2H3. The third-order valence-electron chi connectivity index (χ3n) is 6.56. The van der Waals surface area contributed by atoms with Crippen LogP contribution in [0.25, 0.3) is 21.8 Å². The summed E-state index contributed by atoms with van der Waals surface area (Å²) < 4.78 is 23.6. The second-order valence-electron chi connectivity index (χ2n) is 9.63. The minimum atomic E-state index is -0.425. The summed E-state index contributed by atoms with van der Waals surface area (Å²) in [5.74, 6) is -1.43. The summed E-state index contributed by atoms with van der Waals surface area (Å²) in [5, 5.41) is 1.75. The van der Waals surface area contributed by atoms with Crippen molar-refractivity contribution in [3.05, 3.63) is 64.7 Å². The molecular formula is C32H34Br4N2O8. The Bertz CT molecular complexity index is 1600. The van der Waals surface area contributed by atoms with Crippen molar-refractivity contribution >= 4 is 109 Å². The fourth-order valence-corrected chi connectivity index (χ4v) is 7.73. The minimum absolute atomic E-state index is 0.204. The van der Waals surface area contributed by atoms with Crippen LogP contribution in [0.4, 0.5) is 0 Å². The highest BCUT2D eigenvalue weighted by molar-refractivity contribution is 9.11. The maximum Gasteiger partial charge on any atom is 0.355 e. The zero-order chi connectivity index (χ0) is 34.0. The topological polar surface area (TPSA) is 137 Å². The van der Waals surface area contributed by atoms with Crippen LogP contribution in [0, 0.1) is 0 Å². The van der Waals surface area contributed by atoms with Gasteiger partial charge in [0, 0.05) is 52.5 Å². The monoisotopic (exact) mass is 890 g/mol. The number of hydrogen-bond acceptors (Lipinski definition) is 8. The number of aryl methyl sites for hydroxylation is 2. The van der Waals surface area contributed by atoms with E-state index < -0.39 is 11.9 Å². The summed E-state index contributed by atoms with van der Waals surface area (Å²) in [6, 6.07) is 7.57. The van der Waals surface area contributed by atoms with E-state index in [1.807, 2.05) is 24.3 Å². The first kappa shape index (κ1) is 37.8. The van der Waals surface area contributed by atoms with Crippen LogP contribution in [-0.2, 0) is 41.4 Å². The SMILES string of the molecule is CCOC(=O)CCc1c(C(=O)OCC)[nH]c2cc(Br)cc(Br)c12.CCOC(=O)CCc1c(C(=O)OCC)[nH]c2cc(Br)cc(Br)c12. The number of rotatable bonds is 12. The Morgan fingerprint density at radius 1 is 0.565 bits per heavy atom. The molecule has 0 spiro atoms. The summed E-state index contributed by atoms with van der Waals surface area (Å²) in [7, 11) is 0. The lowest BCUT2D eigenvalue weighted by molar-refractivity contribution is -0.144. The average Bonchev–Trinajstić information content (AvgIpc) is 3.54. The first-order chi connectivity index (χ1) is 21.9. The van der Waals surface area contributed by atoms with Crippen LogP contribution in [0.15, 0.2) is 42.2 Å². The van der Waals surface area contributed by atoms with E-state index in [1.165, 1.54) is 0 Å². The van der Waals surface area contributed by atoms with Crippen LogP contribution < -0.4 is 0 Å². The Hall–Kier alpha value is -2.68. The van der Waals surface area contributed by atoms with Crippen LogP contribution in [0.1, 0.15) is 72.6 Å². The maximum absolute atomic E-state index is 12.2. The maximum atomic E-state index is 12.2. The third-order valence-corrected chi connectivity index (χ3v) is 8.73. The molecule has 2 N–H and O–H groups in total. The number of nitrogens with one attached hydrogen (secondary N) is 2. The molecule has 4 aromatic rings. The highest BCUT2D eigenvalue weighted by Crippen LogP contribution is 2.35. The second-order valence-corrected chi connectivity index (χ2v) is 13.2. The summed E-state index contributed by atoms with van der Waals surface area (Å²) in [6.07, 6.45) is 1.20. The normalized spacial score (nSPS) is 10.8. The quantitative estimate of drug-likeness (QED) is 0.107. The van der Waals surface area contributed by atoms with Crippen molar-refractivity contribution in [3.63, 3.8) is 0 Å². The van der Waals surface area contributed by atoms with Crippen LogP contribution in [0.5, 0.6) is 0 Å². The Kier molecular flexibility index (Phi) is 14.8. The molecule has 0 amide bonds. The Labute approximate surface area is 300 Å².